The lowest BCUT2D eigenvalue weighted by atomic mass is 10.1. The van der Waals surface area contributed by atoms with Crippen LogP contribution in [0.2, 0.25) is 0 Å². The highest BCUT2D eigenvalue weighted by Crippen LogP contribution is 2.38. The number of hydrogen-bond acceptors (Lipinski definition) is 7. The van der Waals surface area contributed by atoms with Crippen LogP contribution in [-0.2, 0) is 20.7 Å². The van der Waals surface area contributed by atoms with E-state index in [4.69, 9.17) is 23.7 Å². The number of para-hydroxylation sites is 1. The molecule has 0 spiro atoms. The van der Waals surface area contributed by atoms with E-state index in [1.54, 1.807) is 36.4 Å². The Bertz CT molecular complexity index is 1090. The molecule has 0 aliphatic carbocycles. The molecule has 178 valence electrons. The molecule has 1 amide bonds. The summed E-state index contributed by atoms with van der Waals surface area (Å²) in [4.78, 5) is 24.9. The molecule has 0 saturated heterocycles. The van der Waals surface area contributed by atoms with Crippen LogP contribution in [0.25, 0.3) is 0 Å². The van der Waals surface area contributed by atoms with Gasteiger partial charge in [0.05, 0.1) is 27.8 Å². The summed E-state index contributed by atoms with van der Waals surface area (Å²) in [6.45, 7) is 1.51. The van der Waals surface area contributed by atoms with E-state index in [1.807, 2.05) is 30.3 Å². The van der Waals surface area contributed by atoms with E-state index in [0.29, 0.717) is 40.0 Å². The molecular formula is C26H27NO7. The first-order valence-corrected chi connectivity index (χ1v) is 10.6. The van der Waals surface area contributed by atoms with Crippen LogP contribution in [0.15, 0.2) is 66.7 Å². The lowest BCUT2D eigenvalue weighted by Gasteiger charge is -2.16. The second-order valence-electron chi connectivity index (χ2n) is 7.27. The zero-order chi connectivity index (χ0) is 24.5. The Kier molecular flexibility index (Phi) is 8.34. The normalized spacial score (nSPS) is 11.2. The lowest BCUT2D eigenvalue weighted by Crippen LogP contribution is -2.30. The lowest BCUT2D eigenvalue weighted by molar-refractivity contribution is -0.152. The predicted octanol–water partition coefficient (Wildman–Crippen LogP) is 4.62. The number of carbonyl (C=O) groups is 2. The molecule has 8 nitrogen and oxygen atoms in total. The van der Waals surface area contributed by atoms with Crippen molar-refractivity contribution in [2.45, 2.75) is 19.4 Å². The van der Waals surface area contributed by atoms with Gasteiger partial charge in [-0.1, -0.05) is 18.2 Å². The molecule has 0 aliphatic rings. The maximum atomic E-state index is 12.5. The van der Waals surface area contributed by atoms with Crippen molar-refractivity contribution in [2.75, 3.05) is 26.6 Å². The summed E-state index contributed by atoms with van der Waals surface area (Å²) >= 11 is 0. The number of methoxy groups -OCH3 is 3. The minimum Gasteiger partial charge on any atom is -0.493 e. The number of benzene rings is 3. The number of nitrogens with one attached hydrogen (secondary N) is 1. The highest BCUT2D eigenvalue weighted by molar-refractivity contribution is 5.95. The second kappa shape index (κ2) is 11.6. The van der Waals surface area contributed by atoms with Gasteiger partial charge in [-0.05, 0) is 61.0 Å². The summed E-state index contributed by atoms with van der Waals surface area (Å²) in [6, 6.07) is 19.6. The fourth-order valence-corrected chi connectivity index (χ4v) is 3.17. The van der Waals surface area contributed by atoms with Crippen molar-refractivity contribution >= 4 is 17.6 Å². The number of esters is 1. The summed E-state index contributed by atoms with van der Waals surface area (Å²) in [5, 5.41) is 2.73. The number of hydrogen-bond donors (Lipinski definition) is 1. The molecule has 0 saturated carbocycles. The van der Waals surface area contributed by atoms with Crippen molar-refractivity contribution in [3.63, 3.8) is 0 Å². The van der Waals surface area contributed by atoms with Gasteiger partial charge in [-0.2, -0.15) is 0 Å². The van der Waals surface area contributed by atoms with E-state index in [2.05, 4.69) is 5.32 Å². The van der Waals surface area contributed by atoms with Gasteiger partial charge in [0.2, 0.25) is 5.75 Å². The Morgan fingerprint density at radius 3 is 1.97 bits per heavy atom. The third-order valence-corrected chi connectivity index (χ3v) is 4.85. The van der Waals surface area contributed by atoms with E-state index in [0.717, 1.165) is 0 Å². The Morgan fingerprint density at radius 2 is 1.41 bits per heavy atom. The predicted molar refractivity (Wildman–Crippen MR) is 127 cm³/mol. The van der Waals surface area contributed by atoms with Crippen LogP contribution in [0.1, 0.15) is 12.5 Å². The van der Waals surface area contributed by atoms with Gasteiger partial charge in [-0.15, -0.1) is 0 Å². The molecule has 34 heavy (non-hydrogen) atoms. The van der Waals surface area contributed by atoms with Crippen LogP contribution in [-0.4, -0.2) is 39.3 Å². The summed E-state index contributed by atoms with van der Waals surface area (Å²) in [6.07, 6.45) is -1.06. The Labute approximate surface area is 198 Å². The Hall–Kier alpha value is -4.20. The average Bonchev–Trinajstić information content (AvgIpc) is 2.85. The minimum absolute atomic E-state index is 0.0696. The van der Waals surface area contributed by atoms with Crippen molar-refractivity contribution in [3.8, 4) is 28.7 Å². The molecule has 0 heterocycles. The standard InChI is InChI=1S/C26H27NO7/c1-17(33-24(28)16-18-14-22(30-2)25(32-4)23(15-18)31-3)26(29)27-19-10-12-21(13-11-19)34-20-8-6-5-7-9-20/h5-15,17H,16H2,1-4H3,(H,27,29). The SMILES string of the molecule is COc1cc(CC(=O)OC(C)C(=O)Nc2ccc(Oc3ccccc3)cc2)cc(OC)c1OC. The molecule has 3 aromatic carbocycles. The molecule has 0 aliphatic heterocycles. The van der Waals surface area contributed by atoms with E-state index < -0.39 is 18.0 Å². The van der Waals surface area contributed by atoms with Gasteiger partial charge in [0, 0.05) is 5.69 Å². The average molecular weight is 466 g/mol. The molecule has 0 aromatic heterocycles. The zero-order valence-corrected chi connectivity index (χ0v) is 19.5. The summed E-state index contributed by atoms with van der Waals surface area (Å²) in [5.74, 6) is 1.61. The molecule has 0 fully saturated rings. The minimum atomic E-state index is -0.991. The third kappa shape index (κ3) is 6.41. The third-order valence-electron chi connectivity index (χ3n) is 4.85. The highest BCUT2D eigenvalue weighted by atomic mass is 16.5. The van der Waals surface area contributed by atoms with Gasteiger partial charge in [-0.3, -0.25) is 9.59 Å². The zero-order valence-electron chi connectivity index (χ0n) is 19.5. The summed E-state index contributed by atoms with van der Waals surface area (Å²) in [5.41, 5.74) is 1.15. The van der Waals surface area contributed by atoms with Crippen molar-refractivity contribution in [3.05, 3.63) is 72.3 Å². The maximum absolute atomic E-state index is 12.5. The number of rotatable bonds is 10. The van der Waals surface area contributed by atoms with Crippen LogP contribution < -0.4 is 24.3 Å². The molecule has 3 aromatic rings. The number of carbonyl (C=O) groups excluding carboxylic acids is 2. The van der Waals surface area contributed by atoms with Crippen LogP contribution >= 0.6 is 0 Å². The quantitative estimate of drug-likeness (QED) is 0.437. The molecule has 1 N–H and O–H groups in total. The van der Waals surface area contributed by atoms with Gasteiger partial charge in [-0.25, -0.2) is 0 Å². The van der Waals surface area contributed by atoms with Gasteiger partial charge in [0.15, 0.2) is 17.6 Å². The van der Waals surface area contributed by atoms with Crippen molar-refractivity contribution in [1.29, 1.82) is 0 Å². The molecular weight excluding hydrogens is 438 g/mol. The van der Waals surface area contributed by atoms with Crippen molar-refractivity contribution in [2.24, 2.45) is 0 Å². The topological polar surface area (TPSA) is 92.3 Å². The monoisotopic (exact) mass is 465 g/mol. The molecule has 0 radical (unpaired) electrons. The Morgan fingerprint density at radius 1 is 0.824 bits per heavy atom. The summed E-state index contributed by atoms with van der Waals surface area (Å²) < 4.78 is 26.9. The van der Waals surface area contributed by atoms with Gasteiger partial charge in [0.25, 0.3) is 5.91 Å². The number of anilines is 1. The molecule has 1 unspecified atom stereocenters. The van der Waals surface area contributed by atoms with Gasteiger partial charge in [0.1, 0.15) is 11.5 Å². The van der Waals surface area contributed by atoms with Crippen LogP contribution in [0.3, 0.4) is 0 Å². The van der Waals surface area contributed by atoms with Crippen molar-refractivity contribution in [1.82, 2.24) is 0 Å². The van der Waals surface area contributed by atoms with E-state index >= 15 is 0 Å². The first kappa shape index (κ1) is 24.4. The van der Waals surface area contributed by atoms with Crippen LogP contribution in [0.5, 0.6) is 28.7 Å². The molecule has 8 heteroatoms. The Balaban J connectivity index is 1.55. The fourth-order valence-electron chi connectivity index (χ4n) is 3.17. The second-order valence-corrected chi connectivity index (χ2v) is 7.27. The number of ether oxygens (including phenoxy) is 5. The highest BCUT2D eigenvalue weighted by Gasteiger charge is 2.20. The van der Waals surface area contributed by atoms with Gasteiger partial charge >= 0.3 is 5.97 Å². The molecule has 0 bridgehead atoms. The van der Waals surface area contributed by atoms with E-state index in [-0.39, 0.29) is 6.42 Å². The van der Waals surface area contributed by atoms with Crippen LogP contribution in [0.4, 0.5) is 5.69 Å². The summed E-state index contributed by atoms with van der Waals surface area (Å²) in [7, 11) is 4.48. The first-order chi connectivity index (χ1) is 16.4. The molecule has 1 atom stereocenters. The van der Waals surface area contributed by atoms with Crippen molar-refractivity contribution < 1.29 is 33.3 Å². The van der Waals surface area contributed by atoms with E-state index in [1.165, 1.54) is 28.3 Å². The maximum Gasteiger partial charge on any atom is 0.311 e. The van der Waals surface area contributed by atoms with E-state index in [9.17, 15) is 9.59 Å². The number of amides is 1. The van der Waals surface area contributed by atoms with Gasteiger partial charge < -0.3 is 29.0 Å². The largest absolute Gasteiger partial charge is 0.493 e. The smallest absolute Gasteiger partial charge is 0.311 e. The fraction of sp³-hybridized carbons (Fsp3) is 0.231. The molecule has 3 rings (SSSR count). The van der Waals surface area contributed by atoms with Crippen LogP contribution in [0, 0.1) is 0 Å². The first-order valence-electron chi connectivity index (χ1n) is 10.6.